The van der Waals surface area contributed by atoms with E-state index in [9.17, 15) is 9.90 Å². The molecule has 0 aliphatic rings. The lowest BCUT2D eigenvalue weighted by Crippen LogP contribution is -2.22. The van der Waals surface area contributed by atoms with Crippen LogP contribution in [-0.2, 0) is 4.79 Å². The van der Waals surface area contributed by atoms with Gasteiger partial charge in [0, 0.05) is 0 Å². The molecule has 0 spiro atoms. The Balaban J connectivity index is 2.63. The van der Waals surface area contributed by atoms with Gasteiger partial charge in [-0.05, 0) is 12.1 Å². The summed E-state index contributed by atoms with van der Waals surface area (Å²) in [5.41, 5.74) is 3.39. The van der Waals surface area contributed by atoms with Gasteiger partial charge in [0.15, 0.2) is 0 Å². The van der Waals surface area contributed by atoms with E-state index in [1.54, 1.807) is 12.1 Å². The van der Waals surface area contributed by atoms with Crippen molar-refractivity contribution in [3.05, 3.63) is 40.4 Å². The summed E-state index contributed by atoms with van der Waals surface area (Å²) in [6.07, 6.45) is 1.09. The number of carboxylic acid groups (broad SMARTS) is 1. The van der Waals surface area contributed by atoms with Crippen molar-refractivity contribution in [3.63, 3.8) is 0 Å². The van der Waals surface area contributed by atoms with Crippen molar-refractivity contribution in [2.45, 2.75) is 0 Å². The lowest BCUT2D eigenvalue weighted by molar-refractivity contribution is -0.298. The molecule has 0 saturated carbocycles. The lowest BCUT2D eigenvalue weighted by atomic mass is 10.3. The number of nitrogens with one attached hydrogen (secondary N) is 1. The van der Waals surface area contributed by atoms with Crippen molar-refractivity contribution in [1.82, 2.24) is 0 Å². The molecule has 1 N–H and O–H groups in total. The number of rotatable bonds is 4. The summed E-state index contributed by atoms with van der Waals surface area (Å²) in [7, 11) is 0. The number of allylic oxidation sites excluding steroid dienone is 1. The maximum atomic E-state index is 10.3. The normalized spacial score (nSPS) is 12.4. The largest absolute Gasteiger partial charge is 0.544 e. The molecule has 0 atom stereocenters. The molecule has 0 aliphatic carbocycles. The van der Waals surface area contributed by atoms with Crippen molar-refractivity contribution >= 4 is 41.1 Å². The summed E-state index contributed by atoms with van der Waals surface area (Å²) in [6.45, 7) is 0. The van der Waals surface area contributed by atoms with E-state index in [1.165, 1.54) is 0 Å². The second-order valence-electron chi connectivity index (χ2n) is 2.69. The van der Waals surface area contributed by atoms with Gasteiger partial charge in [-0.2, -0.15) is 5.10 Å². The first kappa shape index (κ1) is 12.5. The van der Waals surface area contributed by atoms with Gasteiger partial charge in [0.2, 0.25) is 0 Å². The number of hydrogen-bond donors (Lipinski definition) is 1. The van der Waals surface area contributed by atoms with E-state index in [4.69, 9.17) is 23.2 Å². The maximum absolute atomic E-state index is 10.3. The third-order valence-electron chi connectivity index (χ3n) is 1.53. The molecule has 1 aromatic carbocycles. The molecule has 84 valence electrons. The summed E-state index contributed by atoms with van der Waals surface area (Å²) in [5, 5.41) is 13.2. The van der Waals surface area contributed by atoms with E-state index in [1.807, 2.05) is 18.2 Å². The van der Waals surface area contributed by atoms with E-state index in [-0.39, 0.29) is 5.03 Å². The fourth-order valence-electron chi connectivity index (χ4n) is 0.830. The Kier molecular flexibility index (Phi) is 4.82. The molecule has 0 aliphatic heterocycles. The standard InChI is InChI=1S/C10H8Cl2N2O2/c11-8(9(12)10(15)16)6-13-14-7-4-2-1-3-5-7/h1-6,14H,(H,15,16)/p-1/b9-8+,13-6-. The Labute approximate surface area is 102 Å². The highest BCUT2D eigenvalue weighted by atomic mass is 35.5. The first-order valence-electron chi connectivity index (χ1n) is 4.22. The molecule has 0 unspecified atom stereocenters. The van der Waals surface area contributed by atoms with Crippen LogP contribution in [0.25, 0.3) is 0 Å². The average Bonchev–Trinajstić information content (AvgIpc) is 2.29. The molecule has 0 bridgehead atoms. The number of hydrogen-bond acceptors (Lipinski definition) is 4. The van der Waals surface area contributed by atoms with E-state index in [0.717, 1.165) is 11.9 Å². The van der Waals surface area contributed by atoms with Gasteiger partial charge in [0.1, 0.15) is 0 Å². The molecule has 0 amide bonds. The first-order valence-corrected chi connectivity index (χ1v) is 4.97. The Morgan fingerprint density at radius 1 is 1.31 bits per heavy atom. The fourth-order valence-corrected chi connectivity index (χ4v) is 1.01. The first-order chi connectivity index (χ1) is 7.61. The van der Waals surface area contributed by atoms with Crippen LogP contribution < -0.4 is 10.5 Å². The van der Waals surface area contributed by atoms with Gasteiger partial charge in [-0.15, -0.1) is 0 Å². The molecule has 4 nitrogen and oxygen atoms in total. The highest BCUT2D eigenvalue weighted by Crippen LogP contribution is 2.11. The van der Waals surface area contributed by atoms with Gasteiger partial charge in [-0.1, -0.05) is 41.4 Å². The number of para-hydroxylation sites is 1. The third-order valence-corrected chi connectivity index (χ3v) is 2.28. The van der Waals surface area contributed by atoms with Crippen molar-refractivity contribution in [3.8, 4) is 0 Å². The summed E-state index contributed by atoms with van der Waals surface area (Å²) < 4.78 is 0. The van der Waals surface area contributed by atoms with E-state index in [2.05, 4.69) is 10.5 Å². The molecule has 0 heterocycles. The van der Waals surface area contributed by atoms with Crippen LogP contribution in [-0.4, -0.2) is 12.2 Å². The molecule has 0 fully saturated rings. The minimum atomic E-state index is -1.54. The minimum Gasteiger partial charge on any atom is -0.544 e. The van der Waals surface area contributed by atoms with Gasteiger partial charge in [-0.3, -0.25) is 5.43 Å². The summed E-state index contributed by atoms with van der Waals surface area (Å²) in [6, 6.07) is 9.08. The second kappa shape index (κ2) is 6.15. The smallest absolute Gasteiger partial charge is 0.0845 e. The summed E-state index contributed by atoms with van der Waals surface area (Å²) in [4.78, 5) is 10.3. The zero-order valence-corrected chi connectivity index (χ0v) is 9.50. The topological polar surface area (TPSA) is 64.5 Å². The maximum Gasteiger partial charge on any atom is 0.0845 e. The summed E-state index contributed by atoms with van der Waals surface area (Å²) >= 11 is 10.8. The number of benzene rings is 1. The van der Waals surface area contributed by atoms with Crippen LogP contribution in [0.4, 0.5) is 5.69 Å². The number of aliphatic carboxylic acids is 1. The fraction of sp³-hybridized carbons (Fsp3) is 0. The molecule has 6 heteroatoms. The lowest BCUT2D eigenvalue weighted by Gasteiger charge is -2.00. The minimum absolute atomic E-state index is 0.204. The van der Waals surface area contributed by atoms with Crippen molar-refractivity contribution in [1.29, 1.82) is 0 Å². The van der Waals surface area contributed by atoms with Gasteiger partial charge in [0.05, 0.1) is 27.9 Å². The number of carboxylic acids is 1. The average molecular weight is 258 g/mol. The van der Waals surface area contributed by atoms with Gasteiger partial charge >= 0.3 is 0 Å². The van der Waals surface area contributed by atoms with E-state index < -0.39 is 11.0 Å². The van der Waals surface area contributed by atoms with E-state index in [0.29, 0.717) is 0 Å². The van der Waals surface area contributed by atoms with E-state index >= 15 is 0 Å². The number of nitrogens with zero attached hydrogens (tertiary/aromatic N) is 1. The van der Waals surface area contributed by atoms with Crippen molar-refractivity contribution < 1.29 is 9.90 Å². The molecule has 16 heavy (non-hydrogen) atoms. The van der Waals surface area contributed by atoms with Crippen molar-refractivity contribution in [2.75, 3.05) is 5.43 Å². The monoisotopic (exact) mass is 257 g/mol. The number of carbonyl (C=O) groups is 1. The van der Waals surface area contributed by atoms with Crippen LogP contribution in [0.5, 0.6) is 0 Å². The van der Waals surface area contributed by atoms with Crippen LogP contribution in [0.3, 0.4) is 0 Å². The number of carbonyl (C=O) groups excluding carboxylic acids is 1. The van der Waals surface area contributed by atoms with Crippen molar-refractivity contribution in [2.24, 2.45) is 5.10 Å². The molecule has 0 radical (unpaired) electrons. The zero-order valence-electron chi connectivity index (χ0n) is 7.98. The predicted molar refractivity (Wildman–Crippen MR) is 62.3 cm³/mol. The van der Waals surface area contributed by atoms with Gasteiger partial charge in [0.25, 0.3) is 0 Å². The second-order valence-corrected chi connectivity index (χ2v) is 3.47. The third kappa shape index (κ3) is 3.92. The van der Waals surface area contributed by atoms with Crippen LogP contribution >= 0.6 is 23.2 Å². The van der Waals surface area contributed by atoms with Crippen LogP contribution in [0.15, 0.2) is 45.5 Å². The Bertz CT molecular complexity index is 430. The van der Waals surface area contributed by atoms with Crippen LogP contribution in [0, 0.1) is 0 Å². The zero-order chi connectivity index (χ0) is 12.0. The highest BCUT2D eigenvalue weighted by molar-refractivity contribution is 6.51. The molecular weight excluding hydrogens is 251 g/mol. The van der Waals surface area contributed by atoms with Gasteiger partial charge < -0.3 is 9.90 Å². The van der Waals surface area contributed by atoms with Gasteiger partial charge in [-0.25, -0.2) is 0 Å². The highest BCUT2D eigenvalue weighted by Gasteiger charge is 1.99. The summed E-state index contributed by atoms with van der Waals surface area (Å²) in [5.74, 6) is -1.54. The SMILES string of the molecule is O=C([O-])/C(Cl)=C(Cl)/C=N\Nc1ccccc1. The Morgan fingerprint density at radius 2 is 1.94 bits per heavy atom. The quantitative estimate of drug-likeness (QED) is 0.506. The predicted octanol–water partition coefficient (Wildman–Crippen LogP) is 1.52. The Morgan fingerprint density at radius 3 is 2.50 bits per heavy atom. The molecule has 1 aromatic rings. The number of halogens is 2. The Hall–Kier alpha value is -1.52. The van der Waals surface area contributed by atoms with Crippen LogP contribution in [0.1, 0.15) is 0 Å². The number of hydrazone groups is 1. The molecule has 0 saturated heterocycles. The molecular formula is C10H7Cl2N2O2-. The molecule has 0 aromatic heterocycles. The number of anilines is 1. The van der Waals surface area contributed by atoms with Crippen LogP contribution in [0.2, 0.25) is 0 Å². The molecule has 1 rings (SSSR count).